The Morgan fingerprint density at radius 3 is 2.07 bits per heavy atom. The fraction of sp³-hybridized carbons (Fsp3) is 0.429. The number of amides is 2. The van der Waals surface area contributed by atoms with E-state index in [2.05, 4.69) is 9.97 Å². The molecule has 1 aromatic carbocycles. The number of carbonyl (C=O) groups is 2. The Bertz CT molecular complexity index is 910. The van der Waals surface area contributed by atoms with Gasteiger partial charge in [0.25, 0.3) is 11.8 Å². The molecule has 0 radical (unpaired) electrons. The fourth-order valence-electron chi connectivity index (χ4n) is 3.27. The lowest BCUT2D eigenvalue weighted by Crippen LogP contribution is -2.50. The van der Waals surface area contributed by atoms with Gasteiger partial charge >= 0.3 is 0 Å². The molecule has 6 nitrogen and oxygen atoms in total. The molecule has 0 spiro atoms. The lowest BCUT2D eigenvalue weighted by Gasteiger charge is -2.35. The number of piperazine rings is 1. The zero-order valence-electron chi connectivity index (χ0n) is 17.1. The summed E-state index contributed by atoms with van der Waals surface area (Å²) in [7, 11) is 0. The molecule has 29 heavy (non-hydrogen) atoms. The Morgan fingerprint density at radius 2 is 1.55 bits per heavy atom. The number of rotatable bonds is 4. The predicted octanol–water partition coefficient (Wildman–Crippen LogP) is 3.88. The van der Waals surface area contributed by atoms with Crippen LogP contribution in [-0.4, -0.2) is 64.0 Å². The van der Waals surface area contributed by atoms with E-state index in [1.165, 1.54) is 11.8 Å². The van der Waals surface area contributed by atoms with Gasteiger partial charge in [-0.05, 0) is 37.4 Å². The van der Waals surface area contributed by atoms with Gasteiger partial charge in [0.15, 0.2) is 0 Å². The minimum atomic E-state index is -0.0688. The first-order chi connectivity index (χ1) is 13.8. The number of nitrogens with zero attached hydrogens (tertiary/aromatic N) is 4. The fourth-order valence-corrected chi connectivity index (χ4v) is 4.02. The maximum absolute atomic E-state index is 13.2. The molecule has 0 bridgehead atoms. The van der Waals surface area contributed by atoms with Gasteiger partial charge in [-0.3, -0.25) is 9.59 Å². The molecular weight excluding hydrogens is 408 g/mol. The van der Waals surface area contributed by atoms with Gasteiger partial charge in [-0.2, -0.15) is 0 Å². The smallest absolute Gasteiger partial charge is 0.258 e. The first-order valence-electron chi connectivity index (χ1n) is 9.58. The van der Waals surface area contributed by atoms with Crippen molar-refractivity contribution < 1.29 is 9.59 Å². The van der Waals surface area contributed by atoms with E-state index in [9.17, 15) is 9.59 Å². The van der Waals surface area contributed by atoms with Crippen LogP contribution < -0.4 is 0 Å². The summed E-state index contributed by atoms with van der Waals surface area (Å²) in [5.74, 6) is 0.841. The van der Waals surface area contributed by atoms with Gasteiger partial charge in [0.1, 0.15) is 10.9 Å². The molecular formula is C21H25ClN4O2S. The Kier molecular flexibility index (Phi) is 6.80. The van der Waals surface area contributed by atoms with Crippen molar-refractivity contribution in [2.75, 3.05) is 32.4 Å². The van der Waals surface area contributed by atoms with Crippen LogP contribution in [0.5, 0.6) is 0 Å². The van der Waals surface area contributed by atoms with Crippen LogP contribution in [0.1, 0.15) is 52.0 Å². The summed E-state index contributed by atoms with van der Waals surface area (Å²) in [6.45, 7) is 7.89. The minimum Gasteiger partial charge on any atom is -0.335 e. The zero-order chi connectivity index (χ0) is 21.1. The number of benzene rings is 1. The molecule has 0 aliphatic carbocycles. The molecule has 1 aromatic heterocycles. The molecule has 1 aliphatic rings. The van der Waals surface area contributed by atoms with Crippen LogP contribution in [0.15, 0.2) is 29.3 Å². The van der Waals surface area contributed by atoms with Crippen LogP contribution in [0, 0.1) is 6.92 Å². The Balaban J connectivity index is 1.72. The highest BCUT2D eigenvalue weighted by atomic mass is 35.5. The summed E-state index contributed by atoms with van der Waals surface area (Å²) in [5.41, 5.74) is 1.88. The van der Waals surface area contributed by atoms with Gasteiger partial charge in [-0.15, -0.1) is 11.8 Å². The molecule has 2 aromatic rings. The monoisotopic (exact) mass is 432 g/mol. The maximum Gasteiger partial charge on any atom is 0.258 e. The van der Waals surface area contributed by atoms with E-state index in [0.717, 1.165) is 5.82 Å². The van der Waals surface area contributed by atoms with Crippen molar-refractivity contribution in [1.29, 1.82) is 0 Å². The van der Waals surface area contributed by atoms with Crippen LogP contribution in [-0.2, 0) is 0 Å². The van der Waals surface area contributed by atoms with Crippen molar-refractivity contribution in [1.82, 2.24) is 19.8 Å². The van der Waals surface area contributed by atoms with Crippen molar-refractivity contribution in [3.8, 4) is 0 Å². The number of thioether (sulfide) groups is 1. The molecule has 0 unspecified atom stereocenters. The van der Waals surface area contributed by atoms with E-state index < -0.39 is 0 Å². The van der Waals surface area contributed by atoms with Gasteiger partial charge < -0.3 is 9.80 Å². The molecule has 8 heteroatoms. The lowest BCUT2D eigenvalue weighted by atomic mass is 10.1. The minimum absolute atomic E-state index is 0.0423. The van der Waals surface area contributed by atoms with Crippen LogP contribution in [0.2, 0.25) is 5.02 Å². The third kappa shape index (κ3) is 4.73. The highest BCUT2D eigenvalue weighted by Crippen LogP contribution is 2.25. The number of aryl methyl sites for hydroxylation is 1. The average Bonchev–Trinajstić information content (AvgIpc) is 2.72. The Morgan fingerprint density at radius 1 is 1.00 bits per heavy atom. The van der Waals surface area contributed by atoms with E-state index in [1.807, 2.05) is 27.0 Å². The summed E-state index contributed by atoms with van der Waals surface area (Å²) in [5, 5.41) is 1.31. The van der Waals surface area contributed by atoms with Crippen LogP contribution in [0.3, 0.4) is 0 Å². The predicted molar refractivity (Wildman–Crippen MR) is 116 cm³/mol. The molecule has 2 heterocycles. The first-order valence-corrected chi connectivity index (χ1v) is 11.2. The summed E-state index contributed by atoms with van der Waals surface area (Å²) in [4.78, 5) is 38.5. The number of hydrogen-bond acceptors (Lipinski definition) is 5. The summed E-state index contributed by atoms with van der Waals surface area (Å²) in [6, 6.07) is 6.87. The summed E-state index contributed by atoms with van der Waals surface area (Å²) in [6.07, 6.45) is 1.92. The molecule has 1 saturated heterocycles. The molecule has 0 saturated carbocycles. The summed E-state index contributed by atoms with van der Waals surface area (Å²) < 4.78 is 0. The van der Waals surface area contributed by atoms with Gasteiger partial charge in [-0.25, -0.2) is 9.97 Å². The quantitative estimate of drug-likeness (QED) is 0.541. The standard InChI is InChI=1S/C21H25ClN4O2S/c1-13(2)18-23-14(3)17(19(24-18)29-4)21(28)26-11-9-25(10-12-26)20(27)15-5-7-16(22)8-6-15/h5-8,13H,9-12H2,1-4H3. The second-order valence-corrected chi connectivity index (χ2v) is 8.53. The highest BCUT2D eigenvalue weighted by molar-refractivity contribution is 7.98. The molecule has 2 amide bonds. The molecule has 1 fully saturated rings. The topological polar surface area (TPSA) is 66.4 Å². The molecule has 0 N–H and O–H groups in total. The molecule has 1 aliphatic heterocycles. The molecule has 0 atom stereocenters. The van der Waals surface area contributed by atoms with Crippen molar-refractivity contribution in [2.24, 2.45) is 0 Å². The zero-order valence-corrected chi connectivity index (χ0v) is 18.7. The number of aromatic nitrogens is 2. The van der Waals surface area contributed by atoms with Crippen molar-refractivity contribution in [3.63, 3.8) is 0 Å². The lowest BCUT2D eigenvalue weighted by molar-refractivity contribution is 0.0532. The highest BCUT2D eigenvalue weighted by Gasteiger charge is 2.29. The van der Waals surface area contributed by atoms with Gasteiger partial charge in [0.05, 0.1) is 11.3 Å². The van der Waals surface area contributed by atoms with E-state index in [1.54, 1.807) is 34.1 Å². The third-order valence-electron chi connectivity index (χ3n) is 4.94. The maximum atomic E-state index is 13.2. The normalized spacial score (nSPS) is 14.4. The van der Waals surface area contributed by atoms with Crippen LogP contribution in [0.4, 0.5) is 0 Å². The Labute approximate surface area is 180 Å². The number of hydrogen-bond donors (Lipinski definition) is 0. The summed E-state index contributed by atoms with van der Waals surface area (Å²) >= 11 is 7.36. The first kappa shape index (κ1) is 21.6. The van der Waals surface area contributed by atoms with E-state index in [0.29, 0.717) is 53.0 Å². The third-order valence-corrected chi connectivity index (χ3v) is 5.88. The average molecular weight is 433 g/mol. The number of halogens is 1. The second-order valence-electron chi connectivity index (χ2n) is 7.30. The number of carbonyl (C=O) groups excluding carboxylic acids is 2. The van der Waals surface area contributed by atoms with Crippen molar-refractivity contribution in [3.05, 3.63) is 51.9 Å². The SMILES string of the molecule is CSc1nc(C(C)C)nc(C)c1C(=O)N1CCN(C(=O)c2ccc(Cl)cc2)CC1. The van der Waals surface area contributed by atoms with Gasteiger partial charge in [0.2, 0.25) is 0 Å². The Hall–Kier alpha value is -2.12. The van der Waals surface area contributed by atoms with E-state index in [-0.39, 0.29) is 17.7 Å². The second kappa shape index (κ2) is 9.13. The van der Waals surface area contributed by atoms with Gasteiger partial charge in [-0.1, -0.05) is 25.4 Å². The molecule has 154 valence electrons. The van der Waals surface area contributed by atoms with Gasteiger partial charge in [0, 0.05) is 42.7 Å². The van der Waals surface area contributed by atoms with Crippen molar-refractivity contribution in [2.45, 2.75) is 31.7 Å². The van der Waals surface area contributed by atoms with Crippen molar-refractivity contribution >= 4 is 35.2 Å². The van der Waals surface area contributed by atoms with E-state index in [4.69, 9.17) is 11.6 Å². The molecule has 3 rings (SSSR count). The van der Waals surface area contributed by atoms with E-state index >= 15 is 0 Å². The van der Waals surface area contributed by atoms with Crippen LogP contribution in [0.25, 0.3) is 0 Å². The van der Waals surface area contributed by atoms with Crippen LogP contribution >= 0.6 is 23.4 Å². The largest absolute Gasteiger partial charge is 0.335 e.